The number of nitrogens with zero attached hydrogens (tertiary/aromatic N) is 6. The quantitative estimate of drug-likeness (QED) is 0.0624. The highest BCUT2D eigenvalue weighted by atomic mass is 79.9. The van der Waals surface area contributed by atoms with Gasteiger partial charge in [-0.25, -0.2) is 29.1 Å². The Balaban J connectivity index is 0.000000241. The summed E-state index contributed by atoms with van der Waals surface area (Å²) in [5.74, 6) is -6.54. The fourth-order valence-electron chi connectivity index (χ4n) is 9.66. The van der Waals surface area contributed by atoms with Crippen LogP contribution in [0.2, 0.25) is 5.02 Å². The topological polar surface area (TPSA) is 361 Å². The lowest BCUT2D eigenvalue weighted by atomic mass is 9.80. The van der Waals surface area contributed by atoms with Gasteiger partial charge in [0.2, 0.25) is 23.0 Å². The fourth-order valence-corrected chi connectivity index (χ4v) is 10.2. The Labute approximate surface area is 493 Å². The number of aliphatic carboxylic acids is 4. The number of amides is 6. The Morgan fingerprint density at radius 2 is 0.988 bits per heavy atom. The van der Waals surface area contributed by atoms with Crippen LogP contribution in [0.25, 0.3) is 21.8 Å². The van der Waals surface area contributed by atoms with Gasteiger partial charge in [-0.15, -0.1) is 0 Å². The van der Waals surface area contributed by atoms with Gasteiger partial charge in [0.15, 0.2) is 0 Å². The van der Waals surface area contributed by atoms with Gasteiger partial charge >= 0.3 is 36.1 Å². The molecule has 2 saturated heterocycles. The van der Waals surface area contributed by atoms with Crippen LogP contribution >= 0.6 is 27.5 Å². The summed E-state index contributed by atoms with van der Waals surface area (Å²) in [6.07, 6.45) is 0.434. The minimum atomic E-state index is -1.47. The number of ether oxygens (including phenoxy) is 5. The number of carbonyl (C=O) groups is 10. The van der Waals surface area contributed by atoms with E-state index in [1.807, 2.05) is 0 Å². The highest BCUT2D eigenvalue weighted by Gasteiger charge is 2.49. The van der Waals surface area contributed by atoms with Crippen LogP contribution in [0.3, 0.4) is 0 Å². The Morgan fingerprint density at radius 1 is 0.583 bits per heavy atom. The van der Waals surface area contributed by atoms with E-state index >= 15 is 0 Å². The van der Waals surface area contributed by atoms with E-state index in [4.69, 9.17) is 35.3 Å². The molecule has 2 atom stereocenters. The summed E-state index contributed by atoms with van der Waals surface area (Å²) in [6.45, 7) is 5.44. The largest absolute Gasteiger partial charge is 0.495 e. The molecule has 4 aliphatic rings. The van der Waals surface area contributed by atoms with Crippen molar-refractivity contribution in [2.45, 2.75) is 101 Å². The molecule has 6 amide bonds. The van der Waals surface area contributed by atoms with E-state index in [1.165, 1.54) is 51.0 Å². The summed E-state index contributed by atoms with van der Waals surface area (Å²) in [7, 11) is 1.42. The molecule has 2 unspecified atom stereocenters. The van der Waals surface area contributed by atoms with Crippen molar-refractivity contribution in [3.05, 3.63) is 63.3 Å². The number of nitrogens with one attached hydrogen (secondary N) is 2. The maximum absolute atomic E-state index is 13.5. The van der Waals surface area contributed by atoms with Crippen LogP contribution in [0.5, 0.6) is 17.2 Å². The standard InChI is InChI=1S/C28H33ClN4O10.C27H31BrN4O9/c1-3-42-27(40)33-11-9-32(10-12-33)25(37)18(5-6-23(34)35)31-24(36)20-15-21(43-28(26(38)39)7-4-8-28)16-13-22(41-2)17(29)14-19(16)30-20;1-2-40-26(39)32-12-10-31(11-13-32)24(36)18(6-7-22(33)34)30-23(35)20-15-21(41-27(25(37)38)8-3-9-27)17-5-4-16(28)14-19(17)29-20/h13-15,18H,3-12H2,1-2H3,(H,31,36)(H,34,35)(H,38,39);4-5,14-15,18H,2-3,6-13H2,1H3,(H,30,35)(H,33,34)(H,37,38). The molecule has 2 aliphatic heterocycles. The number of benzene rings is 2. The summed E-state index contributed by atoms with van der Waals surface area (Å²) >= 11 is 9.67. The van der Waals surface area contributed by atoms with Crippen LogP contribution in [0, 0.1) is 0 Å². The molecular formula is C55H64BrClN8O19. The fraction of sp³-hybridized carbons (Fsp3) is 0.491. The highest BCUT2D eigenvalue weighted by Crippen LogP contribution is 2.42. The van der Waals surface area contributed by atoms with Crippen molar-refractivity contribution in [3.8, 4) is 17.2 Å². The van der Waals surface area contributed by atoms with Crippen molar-refractivity contribution in [1.29, 1.82) is 0 Å². The van der Waals surface area contributed by atoms with Crippen LogP contribution in [-0.2, 0) is 38.2 Å². The molecule has 4 fully saturated rings. The molecule has 29 heteroatoms. The number of carbonyl (C=O) groups excluding carboxylic acids is 6. The zero-order valence-corrected chi connectivity index (χ0v) is 48.5. The molecule has 452 valence electrons. The summed E-state index contributed by atoms with van der Waals surface area (Å²) in [6, 6.07) is 8.32. The molecule has 6 N–H and O–H groups in total. The van der Waals surface area contributed by atoms with Crippen LogP contribution in [0.4, 0.5) is 9.59 Å². The van der Waals surface area contributed by atoms with Gasteiger partial charge < -0.3 is 74.3 Å². The smallest absolute Gasteiger partial charge is 0.409 e. The predicted octanol–water partition coefficient (Wildman–Crippen LogP) is 5.19. The molecule has 4 heterocycles. The molecule has 2 aromatic heterocycles. The first kappa shape index (κ1) is 63.3. The van der Waals surface area contributed by atoms with Crippen molar-refractivity contribution in [2.75, 3.05) is 72.7 Å². The third-order valence-corrected chi connectivity index (χ3v) is 15.5. The molecule has 4 aromatic rings. The van der Waals surface area contributed by atoms with Crippen molar-refractivity contribution >= 4 is 109 Å². The number of carboxylic acid groups (broad SMARTS) is 4. The first-order valence-electron chi connectivity index (χ1n) is 27.1. The van der Waals surface area contributed by atoms with Crippen molar-refractivity contribution in [1.82, 2.24) is 40.2 Å². The number of aromatic nitrogens is 2. The van der Waals surface area contributed by atoms with E-state index in [-0.39, 0.29) is 131 Å². The Morgan fingerprint density at radius 3 is 1.36 bits per heavy atom. The highest BCUT2D eigenvalue weighted by molar-refractivity contribution is 9.10. The number of halogens is 2. The van der Waals surface area contributed by atoms with E-state index in [1.54, 1.807) is 32.0 Å². The van der Waals surface area contributed by atoms with Gasteiger partial charge in [-0.3, -0.25) is 28.8 Å². The average Bonchev–Trinajstić information content (AvgIpc) is 3.63. The minimum absolute atomic E-state index is 0.0655. The molecular weight excluding hydrogens is 1190 g/mol. The number of methoxy groups -OCH3 is 1. The van der Waals surface area contributed by atoms with Crippen LogP contribution in [0.1, 0.15) is 99.0 Å². The first-order chi connectivity index (χ1) is 40.0. The second kappa shape index (κ2) is 27.9. The molecule has 0 radical (unpaired) electrons. The Bertz CT molecular complexity index is 3200. The molecule has 84 heavy (non-hydrogen) atoms. The van der Waals surface area contributed by atoms with E-state index in [2.05, 4.69) is 36.5 Å². The maximum Gasteiger partial charge on any atom is 0.409 e. The third kappa shape index (κ3) is 15.1. The third-order valence-electron chi connectivity index (χ3n) is 14.7. The average molecular weight is 1260 g/mol. The van der Waals surface area contributed by atoms with Crippen molar-refractivity contribution in [2.24, 2.45) is 0 Å². The van der Waals surface area contributed by atoms with Gasteiger partial charge in [0.05, 0.1) is 36.4 Å². The van der Waals surface area contributed by atoms with E-state index < -0.39 is 89.4 Å². The SMILES string of the molecule is CCOC(=O)N1CCN(C(=O)C(CCC(=O)O)NC(=O)c2cc(OC3(C(=O)O)CCC3)c3cc(OC)c(Cl)cc3n2)CC1.CCOC(=O)N1CCN(C(=O)C(CCC(=O)O)NC(=O)c2cc(OC3(C(=O)O)CCC3)c3ccc(Br)cc3n2)CC1. The number of hydrogen-bond donors (Lipinski definition) is 6. The van der Waals surface area contributed by atoms with E-state index in [0.717, 1.165) is 0 Å². The molecule has 0 bridgehead atoms. The normalized spacial score (nSPS) is 16.7. The molecule has 27 nitrogen and oxygen atoms in total. The van der Waals surface area contributed by atoms with Gasteiger partial charge in [0.1, 0.15) is 40.7 Å². The van der Waals surface area contributed by atoms with Gasteiger partial charge in [-0.2, -0.15) is 0 Å². The Kier molecular flexibility index (Phi) is 21.0. The molecule has 2 aliphatic carbocycles. The lowest BCUT2D eigenvalue weighted by Gasteiger charge is -2.38. The van der Waals surface area contributed by atoms with Gasteiger partial charge in [-0.05, 0) is 95.5 Å². The zero-order valence-electron chi connectivity index (χ0n) is 46.2. The summed E-state index contributed by atoms with van der Waals surface area (Å²) < 4.78 is 28.0. The molecule has 0 spiro atoms. The molecule has 8 rings (SSSR count). The van der Waals surface area contributed by atoms with Crippen molar-refractivity contribution < 1.29 is 92.1 Å². The summed E-state index contributed by atoms with van der Waals surface area (Å²) in [5, 5.41) is 44.4. The molecule has 2 aromatic carbocycles. The number of fused-ring (bicyclic) bond motifs is 2. The summed E-state index contributed by atoms with van der Waals surface area (Å²) in [5.41, 5.74) is -2.60. The van der Waals surface area contributed by atoms with Crippen LogP contribution in [0.15, 0.2) is 46.9 Å². The first-order valence-corrected chi connectivity index (χ1v) is 28.3. The van der Waals surface area contributed by atoms with Gasteiger partial charge in [0, 0.05) is 92.6 Å². The lowest BCUT2D eigenvalue weighted by Crippen LogP contribution is -2.56. The Hall–Kier alpha value is -8.27. The number of piperazine rings is 2. The van der Waals surface area contributed by atoms with E-state index in [0.29, 0.717) is 52.2 Å². The van der Waals surface area contributed by atoms with Crippen LogP contribution < -0.4 is 24.8 Å². The zero-order chi connectivity index (χ0) is 61.0. The van der Waals surface area contributed by atoms with E-state index in [9.17, 15) is 68.4 Å². The second-order valence-electron chi connectivity index (χ2n) is 20.1. The molecule has 2 saturated carbocycles. The minimum Gasteiger partial charge on any atom is -0.495 e. The number of hydrogen-bond acceptors (Lipinski definition) is 17. The van der Waals surface area contributed by atoms with Gasteiger partial charge in [-0.1, -0.05) is 27.5 Å². The lowest BCUT2D eigenvalue weighted by molar-refractivity contribution is -0.163. The number of pyridine rings is 2. The second-order valence-corrected chi connectivity index (χ2v) is 21.4. The number of carboxylic acids is 4. The number of rotatable bonds is 21. The van der Waals surface area contributed by atoms with Crippen molar-refractivity contribution in [3.63, 3.8) is 0 Å². The summed E-state index contributed by atoms with van der Waals surface area (Å²) in [4.78, 5) is 139. The predicted molar refractivity (Wildman–Crippen MR) is 299 cm³/mol. The monoisotopic (exact) mass is 1250 g/mol. The van der Waals surface area contributed by atoms with Crippen LogP contribution in [-0.4, -0.2) is 206 Å². The van der Waals surface area contributed by atoms with Gasteiger partial charge in [0.25, 0.3) is 11.8 Å². The maximum atomic E-state index is 13.5.